The molecule has 1 aromatic carbocycles. The number of anilines is 1. The molecule has 0 saturated heterocycles. The molecule has 4 heteroatoms. The maximum atomic E-state index is 11.0. The second-order valence-electron chi connectivity index (χ2n) is 4.57. The van der Waals surface area contributed by atoms with Crippen molar-refractivity contribution >= 4 is 22.6 Å². The highest BCUT2D eigenvalue weighted by molar-refractivity contribution is 5.91. The average molecular weight is 231 g/mol. The Morgan fingerprint density at radius 1 is 1.41 bits per heavy atom. The standard InChI is InChI=1S/C13H17N3O/c1-8(2)13-15-11-7-10(14-9(3)17)5-6-12(11)16(13)4/h5-8H,1-4H3,(H,14,17). The summed E-state index contributed by atoms with van der Waals surface area (Å²) >= 11 is 0. The van der Waals surface area contributed by atoms with E-state index in [-0.39, 0.29) is 5.91 Å². The summed E-state index contributed by atoms with van der Waals surface area (Å²) in [5, 5.41) is 2.77. The molecule has 0 aliphatic carbocycles. The summed E-state index contributed by atoms with van der Waals surface area (Å²) < 4.78 is 2.09. The van der Waals surface area contributed by atoms with E-state index in [1.165, 1.54) is 6.92 Å². The molecule has 0 atom stereocenters. The first-order chi connectivity index (χ1) is 7.99. The number of amides is 1. The van der Waals surface area contributed by atoms with Gasteiger partial charge < -0.3 is 9.88 Å². The first kappa shape index (κ1) is 11.6. The van der Waals surface area contributed by atoms with Crippen molar-refractivity contribution in [2.24, 2.45) is 7.05 Å². The highest BCUT2D eigenvalue weighted by atomic mass is 16.1. The quantitative estimate of drug-likeness (QED) is 0.863. The zero-order valence-corrected chi connectivity index (χ0v) is 10.6. The molecule has 4 nitrogen and oxygen atoms in total. The average Bonchev–Trinajstić information content (AvgIpc) is 2.55. The van der Waals surface area contributed by atoms with E-state index in [0.29, 0.717) is 5.92 Å². The van der Waals surface area contributed by atoms with Crippen LogP contribution in [0.5, 0.6) is 0 Å². The lowest BCUT2D eigenvalue weighted by molar-refractivity contribution is -0.114. The van der Waals surface area contributed by atoms with E-state index >= 15 is 0 Å². The van der Waals surface area contributed by atoms with Gasteiger partial charge in [-0.1, -0.05) is 13.8 Å². The fourth-order valence-corrected chi connectivity index (χ4v) is 2.02. The number of nitrogens with one attached hydrogen (secondary N) is 1. The number of carbonyl (C=O) groups is 1. The Kier molecular flexibility index (Phi) is 2.88. The molecule has 2 aromatic rings. The molecular weight excluding hydrogens is 214 g/mol. The molecule has 0 fully saturated rings. The molecule has 0 aliphatic heterocycles. The number of aromatic nitrogens is 2. The fraction of sp³-hybridized carbons (Fsp3) is 0.385. The van der Waals surface area contributed by atoms with Gasteiger partial charge in [0.05, 0.1) is 11.0 Å². The van der Waals surface area contributed by atoms with Gasteiger partial charge in [0.1, 0.15) is 5.82 Å². The summed E-state index contributed by atoms with van der Waals surface area (Å²) in [5.74, 6) is 1.38. The van der Waals surface area contributed by atoms with Crippen LogP contribution in [0.25, 0.3) is 11.0 Å². The maximum absolute atomic E-state index is 11.0. The number of carbonyl (C=O) groups excluding carboxylic acids is 1. The molecular formula is C13H17N3O. The number of benzene rings is 1. The Labute approximate surface area is 101 Å². The zero-order chi connectivity index (χ0) is 12.6. The van der Waals surface area contributed by atoms with Crippen molar-refractivity contribution in [3.05, 3.63) is 24.0 Å². The smallest absolute Gasteiger partial charge is 0.221 e. The minimum absolute atomic E-state index is 0.0654. The van der Waals surface area contributed by atoms with Gasteiger partial charge in [-0.05, 0) is 18.2 Å². The predicted molar refractivity (Wildman–Crippen MR) is 69.1 cm³/mol. The van der Waals surface area contributed by atoms with Crippen molar-refractivity contribution in [2.45, 2.75) is 26.7 Å². The molecule has 0 saturated carbocycles. The minimum atomic E-state index is -0.0654. The van der Waals surface area contributed by atoms with Gasteiger partial charge in [-0.3, -0.25) is 4.79 Å². The second kappa shape index (κ2) is 4.20. The van der Waals surface area contributed by atoms with Crippen LogP contribution in [-0.4, -0.2) is 15.5 Å². The SMILES string of the molecule is CC(=O)Nc1ccc2c(c1)nc(C(C)C)n2C. The van der Waals surface area contributed by atoms with Crippen LogP contribution < -0.4 is 5.32 Å². The van der Waals surface area contributed by atoms with Gasteiger partial charge in [0.15, 0.2) is 0 Å². The number of rotatable bonds is 2. The molecule has 1 amide bonds. The molecule has 1 aromatic heterocycles. The largest absolute Gasteiger partial charge is 0.331 e. The van der Waals surface area contributed by atoms with E-state index in [2.05, 4.69) is 28.7 Å². The highest BCUT2D eigenvalue weighted by Gasteiger charge is 2.11. The number of hydrogen-bond acceptors (Lipinski definition) is 2. The summed E-state index contributed by atoms with van der Waals surface area (Å²) in [6.45, 7) is 5.74. The molecule has 1 N–H and O–H groups in total. The van der Waals surface area contributed by atoms with Crippen LogP contribution >= 0.6 is 0 Å². The highest BCUT2D eigenvalue weighted by Crippen LogP contribution is 2.23. The first-order valence-corrected chi connectivity index (χ1v) is 5.73. The first-order valence-electron chi connectivity index (χ1n) is 5.73. The molecule has 0 bridgehead atoms. The van der Waals surface area contributed by atoms with Crippen LogP contribution in [0.4, 0.5) is 5.69 Å². The zero-order valence-electron chi connectivity index (χ0n) is 10.6. The number of aryl methyl sites for hydroxylation is 1. The monoisotopic (exact) mass is 231 g/mol. The molecule has 1 heterocycles. The maximum Gasteiger partial charge on any atom is 0.221 e. The van der Waals surface area contributed by atoms with Crippen LogP contribution in [0.1, 0.15) is 32.5 Å². The molecule has 0 aliphatic rings. The topological polar surface area (TPSA) is 46.9 Å². The summed E-state index contributed by atoms with van der Waals surface area (Å²) in [5.41, 5.74) is 2.80. The van der Waals surface area contributed by atoms with Crippen molar-refractivity contribution in [1.82, 2.24) is 9.55 Å². The lowest BCUT2D eigenvalue weighted by atomic mass is 10.2. The van der Waals surface area contributed by atoms with Crippen molar-refractivity contribution in [3.63, 3.8) is 0 Å². The normalized spacial score (nSPS) is 11.1. The van der Waals surface area contributed by atoms with Crippen molar-refractivity contribution < 1.29 is 4.79 Å². The molecule has 90 valence electrons. The van der Waals surface area contributed by atoms with Gasteiger partial charge in [0, 0.05) is 25.6 Å². The minimum Gasteiger partial charge on any atom is -0.331 e. The van der Waals surface area contributed by atoms with Gasteiger partial charge in [-0.25, -0.2) is 4.98 Å². The van der Waals surface area contributed by atoms with Crippen molar-refractivity contribution in [2.75, 3.05) is 5.32 Å². The van der Waals surface area contributed by atoms with E-state index < -0.39 is 0 Å². The lowest BCUT2D eigenvalue weighted by Crippen LogP contribution is -2.05. The van der Waals surface area contributed by atoms with Gasteiger partial charge in [-0.2, -0.15) is 0 Å². The van der Waals surface area contributed by atoms with Gasteiger partial charge >= 0.3 is 0 Å². The molecule has 17 heavy (non-hydrogen) atoms. The summed E-state index contributed by atoms with van der Waals surface area (Å²) in [6.07, 6.45) is 0. The Morgan fingerprint density at radius 2 is 2.12 bits per heavy atom. The Hall–Kier alpha value is -1.84. The summed E-state index contributed by atoms with van der Waals surface area (Å²) in [7, 11) is 2.02. The Morgan fingerprint density at radius 3 is 2.71 bits per heavy atom. The number of fused-ring (bicyclic) bond motifs is 1. The molecule has 0 radical (unpaired) electrons. The Balaban J connectivity index is 2.51. The third-order valence-electron chi connectivity index (χ3n) is 2.75. The second-order valence-corrected chi connectivity index (χ2v) is 4.57. The van der Waals surface area contributed by atoms with Crippen LogP contribution in [-0.2, 0) is 11.8 Å². The number of hydrogen-bond donors (Lipinski definition) is 1. The molecule has 0 spiro atoms. The summed E-state index contributed by atoms with van der Waals surface area (Å²) in [6, 6.07) is 5.79. The third kappa shape index (κ3) is 2.16. The van der Waals surface area contributed by atoms with Gasteiger partial charge in [0.25, 0.3) is 0 Å². The third-order valence-corrected chi connectivity index (χ3v) is 2.75. The molecule has 2 rings (SSSR count). The van der Waals surface area contributed by atoms with Crippen LogP contribution in [0, 0.1) is 0 Å². The predicted octanol–water partition coefficient (Wildman–Crippen LogP) is 2.66. The Bertz CT molecular complexity index is 569. The number of nitrogens with zero attached hydrogens (tertiary/aromatic N) is 2. The summed E-state index contributed by atoms with van der Waals surface area (Å²) in [4.78, 5) is 15.6. The van der Waals surface area contributed by atoms with E-state index in [4.69, 9.17) is 0 Å². The lowest BCUT2D eigenvalue weighted by Gasteiger charge is -2.04. The van der Waals surface area contributed by atoms with Gasteiger partial charge in [-0.15, -0.1) is 0 Å². The van der Waals surface area contributed by atoms with Gasteiger partial charge in [0.2, 0.25) is 5.91 Å². The van der Waals surface area contributed by atoms with E-state index in [0.717, 1.165) is 22.5 Å². The number of imidazole rings is 1. The van der Waals surface area contributed by atoms with Crippen LogP contribution in [0.2, 0.25) is 0 Å². The molecule has 0 unspecified atom stereocenters. The van der Waals surface area contributed by atoms with E-state index in [9.17, 15) is 4.79 Å². The van der Waals surface area contributed by atoms with Crippen LogP contribution in [0.3, 0.4) is 0 Å². The van der Waals surface area contributed by atoms with Crippen LogP contribution in [0.15, 0.2) is 18.2 Å². The fourth-order valence-electron chi connectivity index (χ4n) is 2.02. The van der Waals surface area contributed by atoms with E-state index in [1.54, 1.807) is 0 Å². The van der Waals surface area contributed by atoms with Crippen molar-refractivity contribution in [3.8, 4) is 0 Å². The van der Waals surface area contributed by atoms with Crippen molar-refractivity contribution in [1.29, 1.82) is 0 Å². The van der Waals surface area contributed by atoms with E-state index in [1.807, 2.05) is 25.2 Å².